The smallest absolute Gasteiger partial charge is 0.178 e. The third-order valence-electron chi connectivity index (χ3n) is 3.92. The SMILES string of the molecule is S=c1[nH]c2ccccc2n1CCC1CCCC1. The molecule has 2 aromatic rings. The van der Waals surface area contributed by atoms with Gasteiger partial charge in [-0.2, -0.15) is 0 Å². The Morgan fingerprint density at radius 3 is 2.82 bits per heavy atom. The fourth-order valence-electron chi connectivity index (χ4n) is 2.94. The van der Waals surface area contributed by atoms with Crippen molar-refractivity contribution < 1.29 is 0 Å². The maximum absolute atomic E-state index is 5.40. The van der Waals surface area contributed by atoms with Gasteiger partial charge in [0.2, 0.25) is 0 Å². The Morgan fingerprint density at radius 2 is 2.00 bits per heavy atom. The van der Waals surface area contributed by atoms with Gasteiger partial charge in [0.05, 0.1) is 11.0 Å². The van der Waals surface area contributed by atoms with Crippen molar-refractivity contribution in [2.75, 3.05) is 0 Å². The molecule has 0 spiro atoms. The molecule has 0 saturated heterocycles. The first-order valence-corrected chi connectivity index (χ1v) is 6.93. The average Bonchev–Trinajstić information content (AvgIpc) is 2.93. The first kappa shape index (κ1) is 11.0. The first-order chi connectivity index (χ1) is 8.34. The van der Waals surface area contributed by atoms with E-state index in [9.17, 15) is 0 Å². The molecule has 3 rings (SSSR count). The monoisotopic (exact) mass is 246 g/mol. The van der Waals surface area contributed by atoms with Crippen LogP contribution in [0.5, 0.6) is 0 Å². The van der Waals surface area contributed by atoms with Gasteiger partial charge in [0.25, 0.3) is 0 Å². The summed E-state index contributed by atoms with van der Waals surface area (Å²) in [6.07, 6.45) is 6.94. The quantitative estimate of drug-likeness (QED) is 0.802. The molecule has 0 amide bonds. The maximum Gasteiger partial charge on any atom is 0.178 e. The summed E-state index contributed by atoms with van der Waals surface area (Å²) < 4.78 is 3.12. The van der Waals surface area contributed by atoms with Gasteiger partial charge in [-0.1, -0.05) is 37.8 Å². The Hall–Kier alpha value is -1.09. The molecule has 1 aromatic heterocycles. The number of hydrogen-bond acceptors (Lipinski definition) is 1. The third-order valence-corrected chi connectivity index (χ3v) is 4.24. The molecule has 0 unspecified atom stereocenters. The predicted molar refractivity (Wildman–Crippen MR) is 73.7 cm³/mol. The van der Waals surface area contributed by atoms with Crippen molar-refractivity contribution in [2.45, 2.75) is 38.6 Å². The number of benzene rings is 1. The fourth-order valence-corrected chi connectivity index (χ4v) is 3.24. The lowest BCUT2D eigenvalue weighted by Crippen LogP contribution is -2.03. The number of imidazole rings is 1. The van der Waals surface area contributed by atoms with Crippen LogP contribution in [0.1, 0.15) is 32.1 Å². The van der Waals surface area contributed by atoms with E-state index in [1.807, 2.05) is 0 Å². The summed E-state index contributed by atoms with van der Waals surface area (Å²) in [6, 6.07) is 8.37. The zero-order chi connectivity index (χ0) is 11.7. The molecule has 1 saturated carbocycles. The lowest BCUT2D eigenvalue weighted by Gasteiger charge is -2.09. The van der Waals surface area contributed by atoms with Crippen molar-refractivity contribution in [3.63, 3.8) is 0 Å². The van der Waals surface area contributed by atoms with E-state index in [-0.39, 0.29) is 0 Å². The van der Waals surface area contributed by atoms with Crippen LogP contribution in [0, 0.1) is 10.7 Å². The number of para-hydroxylation sites is 2. The van der Waals surface area contributed by atoms with Crippen LogP contribution in [0.3, 0.4) is 0 Å². The van der Waals surface area contributed by atoms with Gasteiger partial charge in [0.15, 0.2) is 4.77 Å². The van der Waals surface area contributed by atoms with Gasteiger partial charge in [-0.3, -0.25) is 0 Å². The first-order valence-electron chi connectivity index (χ1n) is 6.52. The maximum atomic E-state index is 5.40. The van der Waals surface area contributed by atoms with Crippen molar-refractivity contribution in [1.29, 1.82) is 0 Å². The van der Waals surface area contributed by atoms with Gasteiger partial charge in [0, 0.05) is 6.54 Å². The Labute approximate surface area is 107 Å². The molecular formula is C14H18N2S. The largest absolute Gasteiger partial charge is 0.331 e. The number of rotatable bonds is 3. The van der Waals surface area contributed by atoms with Crippen LogP contribution in [0.2, 0.25) is 0 Å². The summed E-state index contributed by atoms with van der Waals surface area (Å²) in [5, 5.41) is 0. The van der Waals surface area contributed by atoms with Crippen LogP contribution < -0.4 is 0 Å². The Kier molecular flexibility index (Phi) is 3.02. The molecule has 1 fully saturated rings. The van der Waals surface area contributed by atoms with Gasteiger partial charge in [-0.05, 0) is 36.7 Å². The van der Waals surface area contributed by atoms with Crippen molar-refractivity contribution in [2.24, 2.45) is 5.92 Å². The molecule has 0 atom stereocenters. The highest BCUT2D eigenvalue weighted by Crippen LogP contribution is 2.28. The van der Waals surface area contributed by atoms with E-state index in [0.29, 0.717) is 0 Å². The van der Waals surface area contributed by atoms with Crippen molar-refractivity contribution in [1.82, 2.24) is 9.55 Å². The third kappa shape index (κ3) is 2.16. The topological polar surface area (TPSA) is 20.7 Å². The van der Waals surface area contributed by atoms with Crippen LogP contribution in [-0.4, -0.2) is 9.55 Å². The second kappa shape index (κ2) is 4.65. The van der Waals surface area contributed by atoms with Crippen LogP contribution in [0.15, 0.2) is 24.3 Å². The molecular weight excluding hydrogens is 228 g/mol. The summed E-state index contributed by atoms with van der Waals surface area (Å²) in [5.41, 5.74) is 2.40. The minimum atomic E-state index is 0.865. The molecule has 0 radical (unpaired) electrons. The number of aryl methyl sites for hydroxylation is 1. The molecule has 1 heterocycles. The summed E-state index contributed by atoms with van der Waals surface area (Å²) in [4.78, 5) is 3.28. The number of aromatic amines is 1. The van der Waals surface area contributed by atoms with Gasteiger partial charge < -0.3 is 9.55 Å². The zero-order valence-electron chi connectivity index (χ0n) is 9.98. The van der Waals surface area contributed by atoms with Gasteiger partial charge in [-0.25, -0.2) is 0 Å². The normalized spacial score (nSPS) is 16.9. The van der Waals surface area contributed by atoms with Crippen molar-refractivity contribution in [3.8, 4) is 0 Å². The van der Waals surface area contributed by atoms with Crippen LogP contribution in [-0.2, 0) is 6.54 Å². The lowest BCUT2D eigenvalue weighted by molar-refractivity contribution is 0.461. The van der Waals surface area contributed by atoms with E-state index in [0.717, 1.165) is 22.8 Å². The van der Waals surface area contributed by atoms with E-state index >= 15 is 0 Å². The second-order valence-corrected chi connectivity index (χ2v) is 5.42. The van der Waals surface area contributed by atoms with Crippen molar-refractivity contribution >= 4 is 23.3 Å². The Morgan fingerprint density at radius 1 is 1.24 bits per heavy atom. The Bertz CT molecular complexity index is 561. The van der Waals surface area contributed by atoms with Gasteiger partial charge >= 0.3 is 0 Å². The summed E-state index contributed by atoms with van der Waals surface area (Å²) in [5.74, 6) is 0.922. The summed E-state index contributed by atoms with van der Waals surface area (Å²) in [7, 11) is 0. The van der Waals surface area contributed by atoms with Crippen LogP contribution in [0.4, 0.5) is 0 Å². The number of fused-ring (bicyclic) bond motifs is 1. The summed E-state index contributed by atoms with van der Waals surface area (Å²) in [6.45, 7) is 1.06. The van der Waals surface area contributed by atoms with E-state index < -0.39 is 0 Å². The molecule has 90 valence electrons. The molecule has 1 aliphatic carbocycles. The average molecular weight is 246 g/mol. The zero-order valence-corrected chi connectivity index (χ0v) is 10.8. The molecule has 1 aromatic carbocycles. The fraction of sp³-hybridized carbons (Fsp3) is 0.500. The van der Waals surface area contributed by atoms with Crippen LogP contribution >= 0.6 is 12.2 Å². The molecule has 1 aliphatic rings. The van der Waals surface area contributed by atoms with Gasteiger partial charge in [0.1, 0.15) is 0 Å². The van der Waals surface area contributed by atoms with E-state index in [1.165, 1.54) is 37.6 Å². The standard InChI is InChI=1S/C14H18N2S/c17-14-15-12-7-3-4-8-13(12)16(14)10-9-11-5-1-2-6-11/h3-4,7-8,11H,1-2,5-6,9-10H2,(H,15,17). The van der Waals surface area contributed by atoms with Crippen LogP contribution in [0.25, 0.3) is 11.0 Å². The number of aromatic nitrogens is 2. The molecule has 3 heteroatoms. The Balaban J connectivity index is 1.84. The van der Waals surface area contributed by atoms with E-state index in [4.69, 9.17) is 12.2 Å². The van der Waals surface area contributed by atoms with E-state index in [1.54, 1.807) is 0 Å². The highest BCUT2D eigenvalue weighted by Gasteiger charge is 2.15. The lowest BCUT2D eigenvalue weighted by atomic mass is 10.0. The number of nitrogens with one attached hydrogen (secondary N) is 1. The molecule has 17 heavy (non-hydrogen) atoms. The van der Waals surface area contributed by atoms with Gasteiger partial charge in [-0.15, -0.1) is 0 Å². The minimum Gasteiger partial charge on any atom is -0.331 e. The molecule has 2 nitrogen and oxygen atoms in total. The number of nitrogens with zero attached hydrogens (tertiary/aromatic N) is 1. The highest BCUT2D eigenvalue weighted by atomic mass is 32.1. The van der Waals surface area contributed by atoms with E-state index in [2.05, 4.69) is 33.8 Å². The minimum absolute atomic E-state index is 0.865. The number of hydrogen-bond donors (Lipinski definition) is 1. The highest BCUT2D eigenvalue weighted by molar-refractivity contribution is 7.71. The molecule has 0 bridgehead atoms. The second-order valence-electron chi connectivity index (χ2n) is 5.04. The number of H-pyrrole nitrogens is 1. The van der Waals surface area contributed by atoms with Crippen molar-refractivity contribution in [3.05, 3.63) is 29.0 Å². The molecule has 0 aliphatic heterocycles. The predicted octanol–water partition coefficient (Wildman–Crippen LogP) is 4.28. The molecule has 1 N–H and O–H groups in total. The summed E-state index contributed by atoms with van der Waals surface area (Å²) >= 11 is 5.40.